The van der Waals surface area contributed by atoms with E-state index in [1.807, 2.05) is 12.1 Å². The Morgan fingerprint density at radius 3 is 2.40 bits per heavy atom. The molecule has 0 fully saturated rings. The molecule has 1 heterocycles. The Morgan fingerprint density at radius 1 is 1.03 bits per heavy atom. The minimum absolute atomic E-state index is 0.0397. The van der Waals surface area contributed by atoms with Crippen LogP contribution in [0, 0.1) is 5.82 Å². The van der Waals surface area contributed by atoms with Gasteiger partial charge >= 0.3 is 5.97 Å². The molecule has 2 aromatic carbocycles. The molecule has 2 aromatic rings. The van der Waals surface area contributed by atoms with E-state index in [4.69, 9.17) is 30.5 Å². The third kappa shape index (κ3) is 5.13. The van der Waals surface area contributed by atoms with Crippen molar-refractivity contribution in [3.8, 4) is 17.2 Å². The van der Waals surface area contributed by atoms with Gasteiger partial charge in [0.2, 0.25) is 0 Å². The van der Waals surface area contributed by atoms with Crippen molar-refractivity contribution < 1.29 is 32.9 Å². The number of halogens is 2. The van der Waals surface area contributed by atoms with Gasteiger partial charge in [-0.15, -0.1) is 0 Å². The number of nitrogens with zero attached hydrogens (tertiary/aromatic N) is 1. The molecule has 0 N–H and O–H groups in total. The first kappa shape index (κ1) is 21.7. The van der Waals surface area contributed by atoms with E-state index >= 15 is 0 Å². The second-order valence-corrected chi connectivity index (χ2v) is 6.97. The predicted molar refractivity (Wildman–Crippen MR) is 107 cm³/mol. The molecule has 0 aliphatic carbocycles. The van der Waals surface area contributed by atoms with Gasteiger partial charge in [0.25, 0.3) is 5.91 Å². The van der Waals surface area contributed by atoms with Gasteiger partial charge in [0, 0.05) is 13.1 Å². The smallest absolute Gasteiger partial charge is 0.344 e. The van der Waals surface area contributed by atoms with Gasteiger partial charge < -0.3 is 23.8 Å². The fourth-order valence-electron chi connectivity index (χ4n) is 3.10. The summed E-state index contributed by atoms with van der Waals surface area (Å²) in [6, 6.07) is 7.30. The Kier molecular flexibility index (Phi) is 6.99. The number of hydrogen-bond acceptors (Lipinski definition) is 6. The van der Waals surface area contributed by atoms with E-state index in [0.29, 0.717) is 31.0 Å². The average molecular weight is 438 g/mol. The Balaban J connectivity index is 1.51. The lowest BCUT2D eigenvalue weighted by Crippen LogP contribution is -2.39. The summed E-state index contributed by atoms with van der Waals surface area (Å²) < 4.78 is 33.8. The number of amides is 1. The molecule has 0 bridgehead atoms. The van der Waals surface area contributed by atoms with Crippen molar-refractivity contribution in [2.75, 3.05) is 34.0 Å². The first-order valence-electron chi connectivity index (χ1n) is 9.16. The van der Waals surface area contributed by atoms with Gasteiger partial charge in [-0.05, 0) is 47.9 Å². The number of carbonyl (C=O) groups is 2. The van der Waals surface area contributed by atoms with Crippen LogP contribution in [0.25, 0.3) is 0 Å². The van der Waals surface area contributed by atoms with Gasteiger partial charge in [-0.1, -0.05) is 11.6 Å². The standard InChI is InChI=1S/C21H21ClFNO6/c1-27-18-7-13-5-6-24(10-14(13)8-19(18)28-2)20(25)11-30-21(26)12-29-17-4-3-15(23)9-16(17)22/h3-4,7-9H,5-6,10-12H2,1-2H3. The highest BCUT2D eigenvalue weighted by Gasteiger charge is 2.23. The monoisotopic (exact) mass is 437 g/mol. The Bertz CT molecular complexity index is 951. The highest BCUT2D eigenvalue weighted by molar-refractivity contribution is 6.32. The van der Waals surface area contributed by atoms with E-state index in [2.05, 4.69) is 0 Å². The Hall–Kier alpha value is -3.00. The zero-order valence-corrected chi connectivity index (χ0v) is 17.3. The number of ether oxygens (including phenoxy) is 4. The Morgan fingerprint density at radius 2 is 1.73 bits per heavy atom. The highest BCUT2D eigenvalue weighted by atomic mass is 35.5. The van der Waals surface area contributed by atoms with E-state index < -0.39 is 25.0 Å². The number of hydrogen-bond donors (Lipinski definition) is 0. The molecule has 160 valence electrons. The summed E-state index contributed by atoms with van der Waals surface area (Å²) in [6.45, 7) is 0.0364. The van der Waals surface area contributed by atoms with Crippen LogP contribution >= 0.6 is 11.6 Å². The second-order valence-electron chi connectivity index (χ2n) is 6.57. The molecule has 3 rings (SSSR count). The van der Waals surface area contributed by atoms with Crippen molar-refractivity contribution >= 4 is 23.5 Å². The predicted octanol–water partition coefficient (Wildman–Crippen LogP) is 3.00. The van der Waals surface area contributed by atoms with Crippen LogP contribution in [0.5, 0.6) is 17.2 Å². The van der Waals surface area contributed by atoms with Gasteiger partial charge in [0.15, 0.2) is 24.7 Å². The molecule has 0 unspecified atom stereocenters. The summed E-state index contributed by atoms with van der Waals surface area (Å²) in [5.41, 5.74) is 2.03. The minimum atomic E-state index is -0.729. The van der Waals surface area contributed by atoms with Gasteiger partial charge in [-0.2, -0.15) is 0 Å². The van der Waals surface area contributed by atoms with Crippen LogP contribution in [0.2, 0.25) is 5.02 Å². The molecule has 30 heavy (non-hydrogen) atoms. The number of fused-ring (bicyclic) bond motifs is 1. The first-order chi connectivity index (χ1) is 14.4. The molecule has 0 saturated heterocycles. The van der Waals surface area contributed by atoms with Crippen molar-refractivity contribution in [2.24, 2.45) is 0 Å². The van der Waals surface area contributed by atoms with Crippen molar-refractivity contribution in [3.05, 3.63) is 52.3 Å². The second kappa shape index (κ2) is 9.67. The topological polar surface area (TPSA) is 74.3 Å². The third-order valence-corrected chi connectivity index (χ3v) is 4.96. The molecule has 9 heteroatoms. The van der Waals surface area contributed by atoms with Crippen LogP contribution in [0.1, 0.15) is 11.1 Å². The quantitative estimate of drug-likeness (QED) is 0.620. The van der Waals surface area contributed by atoms with Crippen LogP contribution in [-0.2, 0) is 27.3 Å². The van der Waals surface area contributed by atoms with Crippen LogP contribution in [0.4, 0.5) is 4.39 Å². The fourth-order valence-corrected chi connectivity index (χ4v) is 3.32. The van der Waals surface area contributed by atoms with Crippen LogP contribution in [-0.4, -0.2) is 50.8 Å². The van der Waals surface area contributed by atoms with Gasteiger partial charge in [0.1, 0.15) is 11.6 Å². The molecule has 1 aliphatic rings. The van der Waals surface area contributed by atoms with E-state index in [9.17, 15) is 14.0 Å². The molecule has 1 amide bonds. The Labute approximate surface area is 178 Å². The summed E-state index contributed by atoms with van der Waals surface area (Å²) in [6.07, 6.45) is 0.654. The molecule has 0 spiro atoms. The van der Waals surface area contributed by atoms with Crippen LogP contribution in [0.3, 0.4) is 0 Å². The molecule has 0 radical (unpaired) electrons. The van der Waals surface area contributed by atoms with Gasteiger partial charge in [0.05, 0.1) is 19.2 Å². The van der Waals surface area contributed by atoms with Gasteiger partial charge in [-0.25, -0.2) is 9.18 Å². The largest absolute Gasteiger partial charge is 0.493 e. The van der Waals surface area contributed by atoms with E-state index in [0.717, 1.165) is 23.3 Å². The maximum Gasteiger partial charge on any atom is 0.344 e. The minimum Gasteiger partial charge on any atom is -0.493 e. The third-order valence-electron chi connectivity index (χ3n) is 4.67. The van der Waals surface area contributed by atoms with E-state index in [-0.39, 0.29) is 16.7 Å². The number of esters is 1. The molecule has 1 aliphatic heterocycles. The molecule has 7 nitrogen and oxygen atoms in total. The van der Waals surface area contributed by atoms with E-state index in [1.54, 1.807) is 19.1 Å². The lowest BCUT2D eigenvalue weighted by atomic mass is 9.99. The number of methoxy groups -OCH3 is 2. The summed E-state index contributed by atoms with van der Waals surface area (Å²) in [5, 5.41) is 0.0397. The zero-order chi connectivity index (χ0) is 21.7. The summed E-state index contributed by atoms with van der Waals surface area (Å²) in [7, 11) is 3.13. The summed E-state index contributed by atoms with van der Waals surface area (Å²) >= 11 is 5.83. The molecular weight excluding hydrogens is 417 g/mol. The lowest BCUT2D eigenvalue weighted by Gasteiger charge is -2.29. The fraction of sp³-hybridized carbons (Fsp3) is 0.333. The van der Waals surface area contributed by atoms with Crippen molar-refractivity contribution in [2.45, 2.75) is 13.0 Å². The zero-order valence-electron chi connectivity index (χ0n) is 16.6. The summed E-state index contributed by atoms with van der Waals surface area (Å²) in [4.78, 5) is 25.9. The molecule has 0 aromatic heterocycles. The first-order valence-corrected chi connectivity index (χ1v) is 9.54. The van der Waals surface area contributed by atoms with Crippen molar-refractivity contribution in [1.82, 2.24) is 4.90 Å². The molecule has 0 atom stereocenters. The maximum absolute atomic E-state index is 13.0. The number of carbonyl (C=O) groups excluding carboxylic acids is 2. The molecular formula is C21H21ClFNO6. The SMILES string of the molecule is COc1cc2c(cc1OC)CN(C(=O)COC(=O)COc1ccc(F)cc1Cl)CC2. The average Bonchev–Trinajstić information content (AvgIpc) is 2.75. The van der Waals surface area contributed by atoms with Gasteiger partial charge in [-0.3, -0.25) is 4.79 Å². The number of rotatable bonds is 7. The van der Waals surface area contributed by atoms with Crippen LogP contribution < -0.4 is 14.2 Å². The van der Waals surface area contributed by atoms with Crippen LogP contribution in [0.15, 0.2) is 30.3 Å². The maximum atomic E-state index is 13.0. The normalized spacial score (nSPS) is 12.7. The molecule has 0 saturated carbocycles. The van der Waals surface area contributed by atoms with Crippen molar-refractivity contribution in [3.63, 3.8) is 0 Å². The number of benzene rings is 2. The highest BCUT2D eigenvalue weighted by Crippen LogP contribution is 2.33. The summed E-state index contributed by atoms with van der Waals surface area (Å²) in [5.74, 6) is -0.172. The lowest BCUT2D eigenvalue weighted by molar-refractivity contribution is -0.154. The van der Waals surface area contributed by atoms with E-state index in [1.165, 1.54) is 6.07 Å². The van der Waals surface area contributed by atoms with Crippen molar-refractivity contribution in [1.29, 1.82) is 0 Å².